The Bertz CT molecular complexity index is 273. The Balaban J connectivity index is 2.30. The van der Waals surface area contributed by atoms with Crippen molar-refractivity contribution in [2.24, 2.45) is 0 Å². The molecule has 15 heavy (non-hydrogen) atoms. The van der Waals surface area contributed by atoms with Crippen molar-refractivity contribution >= 4 is 5.69 Å². The number of benzene rings is 1. The fourth-order valence-corrected chi connectivity index (χ4v) is 1.57. The zero-order valence-corrected chi connectivity index (χ0v) is 9.75. The third-order valence-corrected chi connectivity index (χ3v) is 2.45. The maximum absolute atomic E-state index is 5.26. The molecular weight excluding hydrogens is 186 g/mol. The molecule has 0 aliphatic carbocycles. The van der Waals surface area contributed by atoms with Crippen molar-refractivity contribution in [2.75, 3.05) is 19.0 Å². The van der Waals surface area contributed by atoms with Gasteiger partial charge in [-0.15, -0.1) is 0 Å². The second-order valence-electron chi connectivity index (χ2n) is 3.69. The highest BCUT2D eigenvalue weighted by atomic mass is 16.5. The highest BCUT2D eigenvalue weighted by Gasteiger charge is 1.98. The van der Waals surface area contributed by atoms with Crippen LogP contribution < -0.4 is 10.1 Å². The Labute approximate surface area is 92.6 Å². The highest BCUT2D eigenvalue weighted by Crippen LogP contribution is 2.22. The van der Waals surface area contributed by atoms with Crippen molar-refractivity contribution in [1.82, 2.24) is 0 Å². The number of unbranched alkanes of at least 4 members (excludes halogenated alkanes) is 3. The molecule has 1 N–H and O–H groups in total. The molecule has 0 bridgehead atoms. The van der Waals surface area contributed by atoms with E-state index in [0.29, 0.717) is 0 Å². The van der Waals surface area contributed by atoms with E-state index in [9.17, 15) is 0 Å². The number of rotatable bonds is 7. The number of ether oxygens (including phenoxy) is 1. The second-order valence-corrected chi connectivity index (χ2v) is 3.69. The van der Waals surface area contributed by atoms with E-state index in [2.05, 4.69) is 18.3 Å². The summed E-state index contributed by atoms with van der Waals surface area (Å²) in [5.41, 5.74) is 1.09. The number of methoxy groups -OCH3 is 1. The van der Waals surface area contributed by atoms with Crippen LogP contribution in [0, 0.1) is 0 Å². The van der Waals surface area contributed by atoms with Gasteiger partial charge in [0.2, 0.25) is 0 Å². The van der Waals surface area contributed by atoms with Crippen LogP contribution in [0.5, 0.6) is 5.75 Å². The van der Waals surface area contributed by atoms with Gasteiger partial charge in [0, 0.05) is 6.54 Å². The van der Waals surface area contributed by atoms with Gasteiger partial charge in [0.05, 0.1) is 12.8 Å². The Morgan fingerprint density at radius 3 is 2.67 bits per heavy atom. The first-order valence-electron chi connectivity index (χ1n) is 5.75. The number of anilines is 1. The first-order chi connectivity index (χ1) is 7.38. The normalized spacial score (nSPS) is 10.0. The summed E-state index contributed by atoms with van der Waals surface area (Å²) in [5.74, 6) is 0.924. The van der Waals surface area contributed by atoms with Crippen LogP contribution in [0.25, 0.3) is 0 Å². The van der Waals surface area contributed by atoms with Gasteiger partial charge in [0.1, 0.15) is 5.75 Å². The largest absolute Gasteiger partial charge is 0.495 e. The predicted molar refractivity (Wildman–Crippen MR) is 65.6 cm³/mol. The molecule has 0 spiro atoms. The lowest BCUT2D eigenvalue weighted by atomic mass is 10.2. The van der Waals surface area contributed by atoms with Crippen LogP contribution >= 0.6 is 0 Å². The van der Waals surface area contributed by atoms with Crippen LogP contribution in [0.4, 0.5) is 5.69 Å². The molecule has 0 saturated carbocycles. The highest BCUT2D eigenvalue weighted by molar-refractivity contribution is 5.55. The summed E-state index contributed by atoms with van der Waals surface area (Å²) in [6.07, 6.45) is 5.15. The van der Waals surface area contributed by atoms with E-state index in [0.717, 1.165) is 18.0 Å². The molecule has 0 aromatic heterocycles. The zero-order valence-electron chi connectivity index (χ0n) is 9.75. The molecule has 0 aliphatic heterocycles. The van der Waals surface area contributed by atoms with Gasteiger partial charge in [-0.3, -0.25) is 0 Å². The molecule has 0 atom stereocenters. The number of nitrogens with one attached hydrogen (secondary N) is 1. The Hall–Kier alpha value is -1.18. The fourth-order valence-electron chi connectivity index (χ4n) is 1.57. The monoisotopic (exact) mass is 207 g/mol. The number of para-hydroxylation sites is 2. The van der Waals surface area contributed by atoms with E-state index in [4.69, 9.17) is 4.74 Å². The molecule has 1 aromatic rings. The SMILES string of the molecule is CCCCCCNc1ccccc1OC. The van der Waals surface area contributed by atoms with Crippen LogP contribution in [-0.4, -0.2) is 13.7 Å². The van der Waals surface area contributed by atoms with E-state index in [-0.39, 0.29) is 0 Å². The van der Waals surface area contributed by atoms with Crippen LogP contribution in [0.2, 0.25) is 0 Å². The van der Waals surface area contributed by atoms with Gasteiger partial charge in [-0.1, -0.05) is 38.3 Å². The lowest BCUT2D eigenvalue weighted by Crippen LogP contribution is -2.02. The van der Waals surface area contributed by atoms with Gasteiger partial charge in [-0.25, -0.2) is 0 Å². The minimum absolute atomic E-state index is 0.924. The van der Waals surface area contributed by atoms with Crippen LogP contribution in [0.1, 0.15) is 32.6 Å². The van der Waals surface area contributed by atoms with Crippen molar-refractivity contribution in [3.8, 4) is 5.75 Å². The molecule has 0 radical (unpaired) electrons. The van der Waals surface area contributed by atoms with Gasteiger partial charge in [-0.05, 0) is 18.6 Å². The summed E-state index contributed by atoms with van der Waals surface area (Å²) in [5, 5.41) is 3.40. The molecule has 0 fully saturated rings. The molecule has 2 heteroatoms. The zero-order chi connectivity index (χ0) is 10.9. The van der Waals surface area contributed by atoms with Gasteiger partial charge in [-0.2, -0.15) is 0 Å². The second kappa shape index (κ2) is 7.16. The van der Waals surface area contributed by atoms with Crippen LogP contribution in [0.15, 0.2) is 24.3 Å². The summed E-state index contributed by atoms with van der Waals surface area (Å²) in [4.78, 5) is 0. The average molecular weight is 207 g/mol. The Kier molecular flexibility index (Phi) is 5.67. The van der Waals surface area contributed by atoms with Crippen molar-refractivity contribution in [3.63, 3.8) is 0 Å². The van der Waals surface area contributed by atoms with E-state index in [1.807, 2.05) is 18.2 Å². The van der Waals surface area contributed by atoms with Crippen molar-refractivity contribution in [3.05, 3.63) is 24.3 Å². The topological polar surface area (TPSA) is 21.3 Å². The quantitative estimate of drug-likeness (QED) is 0.688. The van der Waals surface area contributed by atoms with E-state index in [1.165, 1.54) is 25.7 Å². The van der Waals surface area contributed by atoms with E-state index >= 15 is 0 Å². The van der Waals surface area contributed by atoms with Gasteiger partial charge in [0.25, 0.3) is 0 Å². The maximum atomic E-state index is 5.26. The Morgan fingerprint density at radius 1 is 1.13 bits per heavy atom. The third-order valence-electron chi connectivity index (χ3n) is 2.45. The maximum Gasteiger partial charge on any atom is 0.141 e. The van der Waals surface area contributed by atoms with Crippen molar-refractivity contribution in [2.45, 2.75) is 32.6 Å². The lowest BCUT2D eigenvalue weighted by Gasteiger charge is -2.10. The lowest BCUT2D eigenvalue weighted by molar-refractivity contribution is 0.416. The van der Waals surface area contributed by atoms with Crippen LogP contribution in [-0.2, 0) is 0 Å². The van der Waals surface area contributed by atoms with Crippen molar-refractivity contribution < 1.29 is 4.74 Å². The molecule has 1 rings (SSSR count). The van der Waals surface area contributed by atoms with Crippen LogP contribution in [0.3, 0.4) is 0 Å². The molecule has 1 aromatic carbocycles. The molecule has 84 valence electrons. The first kappa shape index (κ1) is 11.9. The first-order valence-corrected chi connectivity index (χ1v) is 5.75. The molecule has 0 heterocycles. The van der Waals surface area contributed by atoms with E-state index < -0.39 is 0 Å². The minimum Gasteiger partial charge on any atom is -0.495 e. The molecule has 2 nitrogen and oxygen atoms in total. The molecule has 0 saturated heterocycles. The smallest absolute Gasteiger partial charge is 0.141 e. The molecule has 0 aliphatic rings. The van der Waals surface area contributed by atoms with Gasteiger partial charge in [0.15, 0.2) is 0 Å². The molecule has 0 amide bonds. The Morgan fingerprint density at radius 2 is 1.93 bits per heavy atom. The summed E-state index contributed by atoms with van der Waals surface area (Å²) in [7, 11) is 1.71. The summed E-state index contributed by atoms with van der Waals surface area (Å²) in [6, 6.07) is 8.05. The van der Waals surface area contributed by atoms with Crippen molar-refractivity contribution in [1.29, 1.82) is 0 Å². The summed E-state index contributed by atoms with van der Waals surface area (Å²) in [6.45, 7) is 3.26. The third kappa shape index (κ3) is 4.24. The van der Waals surface area contributed by atoms with Gasteiger partial charge < -0.3 is 10.1 Å². The minimum atomic E-state index is 0.924. The standard InChI is InChI=1S/C13H21NO/c1-3-4-5-8-11-14-12-9-6-7-10-13(12)15-2/h6-7,9-10,14H,3-5,8,11H2,1-2H3. The fraction of sp³-hybridized carbons (Fsp3) is 0.538. The molecular formula is C13H21NO. The summed E-state index contributed by atoms with van der Waals surface area (Å²) >= 11 is 0. The average Bonchev–Trinajstić information content (AvgIpc) is 2.29. The number of hydrogen-bond donors (Lipinski definition) is 1. The molecule has 0 unspecified atom stereocenters. The van der Waals surface area contributed by atoms with Gasteiger partial charge >= 0.3 is 0 Å². The summed E-state index contributed by atoms with van der Waals surface area (Å²) < 4.78 is 5.26. The predicted octanol–water partition coefficient (Wildman–Crippen LogP) is 3.69. The number of hydrogen-bond acceptors (Lipinski definition) is 2. The van der Waals surface area contributed by atoms with E-state index in [1.54, 1.807) is 7.11 Å².